The van der Waals surface area contributed by atoms with Crippen molar-refractivity contribution in [3.8, 4) is 11.4 Å². The summed E-state index contributed by atoms with van der Waals surface area (Å²) in [6, 6.07) is 21.6. The van der Waals surface area contributed by atoms with Crippen LogP contribution in [0, 0.1) is 0 Å². The number of rotatable bonds is 11. The minimum absolute atomic E-state index is 0. The average molecular weight is 723 g/mol. The maximum Gasteiger partial charge on any atom is 0.350 e. The van der Waals surface area contributed by atoms with Crippen molar-refractivity contribution in [1.29, 1.82) is 0 Å². The van der Waals surface area contributed by atoms with Gasteiger partial charge in [-0.25, -0.2) is 23.7 Å². The first-order valence-electron chi connectivity index (χ1n) is 16.4. The zero-order valence-electron chi connectivity index (χ0n) is 28.1. The molecule has 15 heteroatoms. The molecule has 3 aromatic carbocycles. The highest BCUT2D eigenvalue weighted by atomic mass is 35.5. The van der Waals surface area contributed by atoms with Crippen molar-refractivity contribution in [1.82, 2.24) is 35.3 Å². The second-order valence-electron chi connectivity index (χ2n) is 12.3. The molecule has 2 unspecified atom stereocenters. The van der Waals surface area contributed by atoms with Gasteiger partial charge in [-0.05, 0) is 74.0 Å². The highest BCUT2D eigenvalue weighted by Gasteiger charge is 2.45. The molecule has 5 aromatic rings. The van der Waals surface area contributed by atoms with Crippen molar-refractivity contribution in [2.45, 2.75) is 44.7 Å². The van der Waals surface area contributed by atoms with E-state index in [-0.39, 0.29) is 30.5 Å². The minimum atomic E-state index is -1.16. The van der Waals surface area contributed by atoms with Crippen LogP contribution in [-0.4, -0.2) is 74.6 Å². The molecule has 13 nitrogen and oxygen atoms in total. The summed E-state index contributed by atoms with van der Waals surface area (Å²) in [5, 5.41) is 9.50. The van der Waals surface area contributed by atoms with Crippen LogP contribution in [0.4, 0.5) is 11.4 Å². The molecule has 2 fully saturated rings. The Balaban J connectivity index is 0.00000432. The second-order valence-corrected chi connectivity index (χ2v) is 13.1. The Hall–Kier alpha value is -4.40. The first kappa shape index (κ1) is 35.4. The van der Waals surface area contributed by atoms with Crippen LogP contribution in [0.5, 0.6) is 5.75 Å². The summed E-state index contributed by atoms with van der Waals surface area (Å²) < 4.78 is 23.7. The number of anilines is 2. The third kappa shape index (κ3) is 7.37. The van der Waals surface area contributed by atoms with Gasteiger partial charge in [0.2, 0.25) is 5.79 Å². The topological polar surface area (TPSA) is 140 Å². The standard InChI is InChI=1S/C35H38Cl2N8O4.H3N/c1-3-25(2)45-34(46)44(24-40-45)29-7-5-27(6-8-29)41-14-16-42(17-15-41)28-9-11-30(12-10-28)47-19-31-20-48-35(49-31,21-43-23-38-22-39-43)32-13-4-26(36)18-33(32)37;/h4-13,18,22-25,31H,3,14-17,19-21H2,1-2H3;1H3/t25?,31?,35-;/m0./s1. The fraction of sp³-hybridized carbons (Fsp3) is 0.371. The minimum Gasteiger partial charge on any atom is -0.491 e. The molecule has 50 heavy (non-hydrogen) atoms. The number of nitrogens with zero attached hydrogens (tertiary/aromatic N) is 8. The molecule has 0 aliphatic carbocycles. The third-order valence-corrected chi connectivity index (χ3v) is 9.70. The van der Waals surface area contributed by atoms with Crippen LogP contribution in [0.3, 0.4) is 0 Å². The van der Waals surface area contributed by atoms with Gasteiger partial charge in [0.05, 0.1) is 23.4 Å². The lowest BCUT2D eigenvalue weighted by Gasteiger charge is -2.37. The van der Waals surface area contributed by atoms with Gasteiger partial charge in [0.25, 0.3) is 0 Å². The van der Waals surface area contributed by atoms with E-state index < -0.39 is 5.79 Å². The van der Waals surface area contributed by atoms with Crippen LogP contribution in [-0.2, 0) is 21.8 Å². The summed E-state index contributed by atoms with van der Waals surface area (Å²) in [5.41, 5.74) is 3.64. The Labute approximate surface area is 300 Å². The molecule has 0 amide bonds. The Kier molecular flexibility index (Phi) is 10.8. The fourth-order valence-electron chi connectivity index (χ4n) is 6.24. The highest BCUT2D eigenvalue weighted by molar-refractivity contribution is 6.35. The van der Waals surface area contributed by atoms with Gasteiger partial charge in [0.15, 0.2) is 0 Å². The van der Waals surface area contributed by atoms with Crippen LogP contribution >= 0.6 is 23.2 Å². The zero-order valence-corrected chi connectivity index (χ0v) is 29.6. The number of ether oxygens (including phenoxy) is 3. The van der Waals surface area contributed by atoms with E-state index in [1.54, 1.807) is 34.0 Å². The molecule has 4 heterocycles. The van der Waals surface area contributed by atoms with Crippen LogP contribution in [0.25, 0.3) is 5.69 Å². The Morgan fingerprint density at radius 2 is 1.58 bits per heavy atom. The molecular formula is C35H41Cl2N9O4. The molecule has 0 spiro atoms. The van der Waals surface area contributed by atoms with Crippen molar-refractivity contribution in [2.24, 2.45) is 0 Å². The van der Waals surface area contributed by atoms with Crippen LogP contribution in [0.1, 0.15) is 31.9 Å². The Bertz CT molecular complexity index is 1910. The van der Waals surface area contributed by atoms with Crippen molar-refractivity contribution in [3.05, 3.63) is 112 Å². The van der Waals surface area contributed by atoms with Crippen LogP contribution in [0.2, 0.25) is 10.0 Å². The maximum atomic E-state index is 12.8. The first-order valence-corrected chi connectivity index (χ1v) is 17.2. The predicted octanol–water partition coefficient (Wildman–Crippen LogP) is 5.74. The molecule has 3 atom stereocenters. The predicted molar refractivity (Wildman–Crippen MR) is 193 cm³/mol. The molecule has 2 aliphatic rings. The van der Waals surface area contributed by atoms with E-state index in [2.05, 4.69) is 49.2 Å². The van der Waals surface area contributed by atoms with E-state index in [9.17, 15) is 4.79 Å². The number of benzene rings is 3. The van der Waals surface area contributed by atoms with Gasteiger partial charge in [-0.15, -0.1) is 0 Å². The third-order valence-electron chi connectivity index (χ3n) is 9.15. The maximum absolute atomic E-state index is 12.8. The van der Waals surface area contributed by atoms with Gasteiger partial charge in [0.1, 0.15) is 44.0 Å². The van der Waals surface area contributed by atoms with Crippen LogP contribution in [0.15, 0.2) is 90.5 Å². The van der Waals surface area contributed by atoms with Gasteiger partial charge in [-0.1, -0.05) is 36.2 Å². The van der Waals surface area contributed by atoms with Crippen molar-refractivity contribution >= 4 is 34.6 Å². The average Bonchev–Trinajstić information content (AvgIpc) is 3.88. The largest absolute Gasteiger partial charge is 0.491 e. The lowest BCUT2D eigenvalue weighted by Crippen LogP contribution is -2.46. The molecule has 2 aromatic heterocycles. The van der Waals surface area contributed by atoms with E-state index in [4.69, 9.17) is 37.4 Å². The zero-order chi connectivity index (χ0) is 34.0. The summed E-state index contributed by atoms with van der Waals surface area (Å²) in [7, 11) is 0. The highest BCUT2D eigenvalue weighted by Crippen LogP contribution is 2.40. The van der Waals surface area contributed by atoms with E-state index in [0.717, 1.165) is 55.4 Å². The Morgan fingerprint density at radius 1 is 0.920 bits per heavy atom. The SMILES string of the molecule is CCC(C)n1ncn(-c2ccc(N3CCN(c4ccc(OCC5CO[C@](Cn6cncn6)(c6ccc(Cl)cc6Cl)O5)cc4)CC3)cc2)c1=O.N. The second kappa shape index (κ2) is 15.2. The summed E-state index contributed by atoms with van der Waals surface area (Å²) in [4.78, 5) is 21.6. The van der Waals surface area contributed by atoms with E-state index >= 15 is 0 Å². The molecule has 0 bridgehead atoms. The van der Waals surface area contributed by atoms with E-state index in [1.165, 1.54) is 11.0 Å². The van der Waals surface area contributed by atoms with E-state index in [0.29, 0.717) is 28.8 Å². The number of piperazine rings is 1. The summed E-state index contributed by atoms with van der Waals surface area (Å²) in [6.45, 7) is 8.48. The number of aromatic nitrogens is 6. The van der Waals surface area contributed by atoms with Gasteiger partial charge in [-0.2, -0.15) is 10.2 Å². The molecule has 3 N–H and O–H groups in total. The van der Waals surface area contributed by atoms with Gasteiger partial charge in [-0.3, -0.25) is 0 Å². The molecule has 2 aliphatic heterocycles. The molecular weight excluding hydrogens is 681 g/mol. The monoisotopic (exact) mass is 721 g/mol. The number of hydrogen-bond acceptors (Lipinski definition) is 10. The van der Waals surface area contributed by atoms with Crippen LogP contribution < -0.4 is 26.4 Å². The van der Waals surface area contributed by atoms with Crippen molar-refractivity contribution < 1.29 is 14.2 Å². The number of halogens is 2. The molecule has 2 saturated heterocycles. The summed E-state index contributed by atoms with van der Waals surface area (Å²) >= 11 is 12.7. The molecule has 0 saturated carbocycles. The summed E-state index contributed by atoms with van der Waals surface area (Å²) in [6.07, 6.45) is 5.19. The van der Waals surface area contributed by atoms with Crippen molar-refractivity contribution in [2.75, 3.05) is 49.2 Å². The lowest BCUT2D eigenvalue weighted by atomic mass is 10.1. The Morgan fingerprint density at radius 3 is 2.20 bits per heavy atom. The molecule has 0 radical (unpaired) electrons. The smallest absolute Gasteiger partial charge is 0.350 e. The quantitative estimate of drug-likeness (QED) is 0.180. The van der Waals surface area contributed by atoms with Gasteiger partial charge >= 0.3 is 5.69 Å². The fourth-order valence-corrected chi connectivity index (χ4v) is 6.79. The van der Waals surface area contributed by atoms with E-state index in [1.807, 2.05) is 44.2 Å². The van der Waals surface area contributed by atoms with Gasteiger partial charge < -0.3 is 30.2 Å². The van der Waals surface area contributed by atoms with Gasteiger partial charge in [0, 0.05) is 48.1 Å². The van der Waals surface area contributed by atoms with Crippen molar-refractivity contribution in [3.63, 3.8) is 0 Å². The summed E-state index contributed by atoms with van der Waals surface area (Å²) in [5.74, 6) is -0.410. The normalized spacial score (nSPS) is 19.7. The lowest BCUT2D eigenvalue weighted by molar-refractivity contribution is -0.190. The first-order chi connectivity index (χ1) is 23.8. The molecule has 264 valence electrons. The number of hydrogen-bond donors (Lipinski definition) is 1. The molecule has 7 rings (SSSR count).